The van der Waals surface area contributed by atoms with Crippen LogP contribution in [0.5, 0.6) is 0 Å². The second-order valence-corrected chi connectivity index (χ2v) is 6.57. The molecule has 1 aliphatic rings. The van der Waals surface area contributed by atoms with E-state index in [9.17, 15) is 9.59 Å². The lowest BCUT2D eigenvalue weighted by molar-refractivity contribution is -0.125. The van der Waals surface area contributed by atoms with Gasteiger partial charge in [0.05, 0.1) is 0 Å². The fourth-order valence-electron chi connectivity index (χ4n) is 2.49. The van der Waals surface area contributed by atoms with Gasteiger partial charge in [-0.3, -0.25) is 9.59 Å². The Balaban J connectivity index is 2.23. The molecule has 1 aromatic carbocycles. The highest BCUT2D eigenvalue weighted by atomic mass is 32.2. The molecule has 0 saturated carbocycles. The highest BCUT2D eigenvalue weighted by Crippen LogP contribution is 2.23. The summed E-state index contributed by atoms with van der Waals surface area (Å²) in [5.74, 6) is 0.307. The quantitative estimate of drug-likeness (QED) is 0.870. The predicted molar refractivity (Wildman–Crippen MR) is 86.6 cm³/mol. The van der Waals surface area contributed by atoms with Crippen LogP contribution in [0.4, 0.5) is 5.69 Å². The third-order valence-electron chi connectivity index (χ3n) is 3.55. The van der Waals surface area contributed by atoms with Crippen molar-refractivity contribution in [1.29, 1.82) is 0 Å². The minimum Gasteiger partial charge on any atom is -0.344 e. The van der Waals surface area contributed by atoms with Gasteiger partial charge in [-0.15, -0.1) is 11.8 Å². The number of nitrogens with one attached hydrogen (secondary N) is 1. The van der Waals surface area contributed by atoms with Crippen LogP contribution in [0.1, 0.15) is 26.7 Å². The van der Waals surface area contributed by atoms with Crippen LogP contribution in [0.15, 0.2) is 29.2 Å². The van der Waals surface area contributed by atoms with E-state index in [0.717, 1.165) is 10.6 Å². The molecule has 1 aromatic rings. The summed E-state index contributed by atoms with van der Waals surface area (Å²) in [5.41, 5.74) is 0.864. The summed E-state index contributed by atoms with van der Waals surface area (Å²) >= 11 is 1.67. The summed E-state index contributed by atoms with van der Waals surface area (Å²) in [7, 11) is 0. The van der Waals surface area contributed by atoms with Gasteiger partial charge in [0.25, 0.3) is 0 Å². The molecule has 1 heterocycles. The number of nitrogens with zero attached hydrogens (tertiary/aromatic N) is 1. The lowest BCUT2D eigenvalue weighted by Gasteiger charge is -2.25. The van der Waals surface area contributed by atoms with E-state index in [1.54, 1.807) is 16.7 Å². The molecule has 0 spiro atoms. The second-order valence-electron chi connectivity index (χ2n) is 5.69. The zero-order chi connectivity index (χ0) is 15.4. The molecule has 4 nitrogen and oxygen atoms in total. The maximum atomic E-state index is 12.7. The Morgan fingerprint density at radius 3 is 2.52 bits per heavy atom. The number of anilines is 1. The third-order valence-corrected chi connectivity index (χ3v) is 4.30. The second kappa shape index (κ2) is 6.98. The van der Waals surface area contributed by atoms with Crippen LogP contribution in [0.3, 0.4) is 0 Å². The molecule has 21 heavy (non-hydrogen) atoms. The maximum Gasteiger partial charge on any atom is 0.249 e. The Morgan fingerprint density at radius 2 is 1.95 bits per heavy atom. The molecule has 114 valence electrons. The number of thioether (sulfide) groups is 1. The van der Waals surface area contributed by atoms with Crippen molar-refractivity contribution in [2.75, 3.05) is 17.7 Å². The summed E-state index contributed by atoms with van der Waals surface area (Å²) < 4.78 is 0. The number of hydrogen-bond donors (Lipinski definition) is 1. The monoisotopic (exact) mass is 306 g/mol. The minimum absolute atomic E-state index is 0.00792. The van der Waals surface area contributed by atoms with Crippen molar-refractivity contribution < 1.29 is 9.59 Å². The summed E-state index contributed by atoms with van der Waals surface area (Å²) in [5, 5.41) is 2.85. The molecule has 1 N–H and O–H groups in total. The number of benzene rings is 1. The molecule has 5 heteroatoms. The fourth-order valence-corrected chi connectivity index (χ4v) is 2.90. The van der Waals surface area contributed by atoms with E-state index in [0.29, 0.717) is 25.3 Å². The molecule has 0 bridgehead atoms. The maximum absolute atomic E-state index is 12.7. The molecule has 0 aromatic heterocycles. The lowest BCUT2D eigenvalue weighted by atomic mass is 10.0. The number of carbonyl (C=O) groups excluding carboxylic acids is 2. The molecule has 0 radical (unpaired) electrons. The van der Waals surface area contributed by atoms with E-state index < -0.39 is 6.04 Å². The summed E-state index contributed by atoms with van der Waals surface area (Å²) in [4.78, 5) is 27.4. The van der Waals surface area contributed by atoms with E-state index >= 15 is 0 Å². The first-order chi connectivity index (χ1) is 10.0. The molecule has 1 aliphatic heterocycles. The van der Waals surface area contributed by atoms with E-state index in [2.05, 4.69) is 19.2 Å². The van der Waals surface area contributed by atoms with Crippen molar-refractivity contribution in [3.63, 3.8) is 0 Å². The largest absolute Gasteiger partial charge is 0.344 e. The Bertz CT molecular complexity index is 514. The Labute approximate surface area is 130 Å². The summed E-state index contributed by atoms with van der Waals surface area (Å²) in [6, 6.07) is 7.49. The van der Waals surface area contributed by atoms with Crippen LogP contribution >= 0.6 is 11.8 Å². The Kier molecular flexibility index (Phi) is 5.28. The van der Waals surface area contributed by atoms with Gasteiger partial charge in [-0.05, 0) is 42.9 Å². The molecule has 0 aliphatic carbocycles. The normalized spacial score (nSPS) is 19.6. The number of hydrogen-bond acceptors (Lipinski definition) is 3. The number of carbonyl (C=O) groups is 2. The van der Waals surface area contributed by atoms with Gasteiger partial charge in [-0.25, -0.2) is 0 Å². The molecule has 1 atom stereocenters. The van der Waals surface area contributed by atoms with Crippen LogP contribution < -0.4 is 10.2 Å². The van der Waals surface area contributed by atoms with E-state index in [4.69, 9.17) is 0 Å². The minimum atomic E-state index is -0.416. The molecule has 1 fully saturated rings. The first kappa shape index (κ1) is 15.9. The van der Waals surface area contributed by atoms with Gasteiger partial charge in [0, 0.05) is 23.5 Å². The SMILES string of the molecule is CSc1ccc(N2CCC(=O)NC(CC(C)C)C2=O)cc1. The van der Waals surface area contributed by atoms with Gasteiger partial charge >= 0.3 is 0 Å². The predicted octanol–water partition coefficient (Wildman–Crippen LogP) is 2.68. The topological polar surface area (TPSA) is 49.4 Å². The van der Waals surface area contributed by atoms with Gasteiger partial charge in [-0.1, -0.05) is 13.8 Å². The zero-order valence-electron chi connectivity index (χ0n) is 12.8. The van der Waals surface area contributed by atoms with Crippen molar-refractivity contribution in [3.8, 4) is 0 Å². The van der Waals surface area contributed by atoms with Gasteiger partial charge in [0.2, 0.25) is 11.8 Å². The van der Waals surface area contributed by atoms with Crippen LogP contribution in [0.25, 0.3) is 0 Å². The van der Waals surface area contributed by atoms with Gasteiger partial charge in [0.15, 0.2) is 0 Å². The molecular formula is C16H22N2O2S. The first-order valence-electron chi connectivity index (χ1n) is 7.26. The van der Waals surface area contributed by atoms with Crippen LogP contribution in [0.2, 0.25) is 0 Å². The van der Waals surface area contributed by atoms with Crippen LogP contribution in [0, 0.1) is 5.92 Å². The van der Waals surface area contributed by atoms with Gasteiger partial charge < -0.3 is 10.2 Å². The molecule has 1 saturated heterocycles. The average Bonchev–Trinajstić information content (AvgIpc) is 2.59. The Hall–Kier alpha value is -1.49. The van der Waals surface area contributed by atoms with Gasteiger partial charge in [0.1, 0.15) is 6.04 Å². The number of amides is 2. The standard InChI is InChI=1S/C16H22N2O2S/c1-11(2)10-14-16(20)18(9-8-15(19)17-14)12-4-6-13(21-3)7-5-12/h4-7,11,14H,8-10H2,1-3H3,(H,17,19). The van der Waals surface area contributed by atoms with Crippen LogP contribution in [-0.4, -0.2) is 30.7 Å². The average molecular weight is 306 g/mol. The molecule has 1 unspecified atom stereocenters. The molecule has 2 rings (SSSR count). The lowest BCUT2D eigenvalue weighted by Crippen LogP contribution is -2.45. The van der Waals surface area contributed by atoms with Crippen molar-refractivity contribution in [2.45, 2.75) is 37.6 Å². The zero-order valence-corrected chi connectivity index (χ0v) is 13.6. The molecular weight excluding hydrogens is 284 g/mol. The fraction of sp³-hybridized carbons (Fsp3) is 0.500. The van der Waals surface area contributed by atoms with E-state index in [-0.39, 0.29) is 11.8 Å². The summed E-state index contributed by atoms with van der Waals surface area (Å²) in [6.07, 6.45) is 3.04. The van der Waals surface area contributed by atoms with Crippen molar-refractivity contribution in [1.82, 2.24) is 5.32 Å². The molecule has 2 amide bonds. The summed E-state index contributed by atoms with van der Waals surface area (Å²) in [6.45, 7) is 4.56. The van der Waals surface area contributed by atoms with Crippen LogP contribution in [-0.2, 0) is 9.59 Å². The van der Waals surface area contributed by atoms with E-state index in [1.807, 2.05) is 30.5 Å². The van der Waals surface area contributed by atoms with Crippen molar-refractivity contribution in [2.24, 2.45) is 5.92 Å². The smallest absolute Gasteiger partial charge is 0.249 e. The number of rotatable bonds is 4. The highest BCUT2D eigenvalue weighted by Gasteiger charge is 2.30. The Morgan fingerprint density at radius 1 is 1.29 bits per heavy atom. The van der Waals surface area contributed by atoms with Crippen molar-refractivity contribution >= 4 is 29.3 Å². The third kappa shape index (κ3) is 4.00. The first-order valence-corrected chi connectivity index (χ1v) is 8.48. The highest BCUT2D eigenvalue weighted by molar-refractivity contribution is 7.98. The van der Waals surface area contributed by atoms with Gasteiger partial charge in [-0.2, -0.15) is 0 Å². The van der Waals surface area contributed by atoms with Crippen molar-refractivity contribution in [3.05, 3.63) is 24.3 Å². The van der Waals surface area contributed by atoms with E-state index in [1.165, 1.54) is 0 Å².